The monoisotopic (exact) mass is 309 g/mol. The van der Waals surface area contributed by atoms with Gasteiger partial charge in [-0.15, -0.1) is 0 Å². The molecule has 21 heavy (non-hydrogen) atoms. The summed E-state index contributed by atoms with van der Waals surface area (Å²) in [5.41, 5.74) is 2.22. The minimum Gasteiger partial charge on any atom is -0.306 e. The Morgan fingerprint density at radius 1 is 1.05 bits per heavy atom. The van der Waals surface area contributed by atoms with Crippen molar-refractivity contribution in [2.24, 2.45) is 0 Å². The fourth-order valence-corrected chi connectivity index (χ4v) is 2.39. The summed E-state index contributed by atoms with van der Waals surface area (Å²) >= 11 is 5.86. The van der Waals surface area contributed by atoms with E-state index in [1.807, 2.05) is 6.07 Å². The van der Waals surface area contributed by atoms with Gasteiger partial charge in [-0.25, -0.2) is 8.78 Å². The molecule has 1 N–H and O–H groups in total. The Hall–Kier alpha value is -1.45. The maximum atomic E-state index is 13.8. The van der Waals surface area contributed by atoms with Gasteiger partial charge in [0.1, 0.15) is 11.6 Å². The highest BCUT2D eigenvalue weighted by Crippen LogP contribution is 2.27. The lowest BCUT2D eigenvalue weighted by Gasteiger charge is -2.20. The van der Waals surface area contributed by atoms with Crippen molar-refractivity contribution in [3.63, 3.8) is 0 Å². The fourth-order valence-electron chi connectivity index (χ4n) is 2.20. The van der Waals surface area contributed by atoms with Crippen molar-refractivity contribution in [1.82, 2.24) is 5.32 Å². The molecule has 0 spiro atoms. The molecule has 1 atom stereocenters. The van der Waals surface area contributed by atoms with Crippen molar-refractivity contribution in [2.45, 2.75) is 26.3 Å². The average molecular weight is 310 g/mol. The van der Waals surface area contributed by atoms with E-state index in [1.165, 1.54) is 12.1 Å². The summed E-state index contributed by atoms with van der Waals surface area (Å²) in [5.74, 6) is -0.700. The first-order valence-electron chi connectivity index (χ1n) is 6.97. The maximum absolute atomic E-state index is 13.8. The topological polar surface area (TPSA) is 12.0 Å². The van der Waals surface area contributed by atoms with Crippen molar-refractivity contribution in [3.8, 4) is 0 Å². The lowest BCUT2D eigenvalue weighted by Crippen LogP contribution is -2.23. The number of hydrogen-bond acceptors (Lipinski definition) is 1. The molecular weight excluding hydrogens is 292 g/mol. The summed E-state index contributed by atoms with van der Waals surface area (Å²) in [6.07, 6.45) is 0.944. The van der Waals surface area contributed by atoms with Crippen LogP contribution in [-0.2, 0) is 0 Å². The minimum atomic E-state index is -0.454. The fraction of sp³-hybridized carbons (Fsp3) is 0.294. The average Bonchev–Trinajstić information content (AvgIpc) is 2.46. The van der Waals surface area contributed by atoms with E-state index >= 15 is 0 Å². The van der Waals surface area contributed by atoms with Gasteiger partial charge >= 0.3 is 0 Å². The van der Waals surface area contributed by atoms with Crippen LogP contribution in [0.3, 0.4) is 0 Å². The molecule has 0 saturated heterocycles. The number of benzene rings is 2. The van der Waals surface area contributed by atoms with Gasteiger partial charge in [-0.1, -0.05) is 36.7 Å². The quantitative estimate of drug-likeness (QED) is 0.818. The van der Waals surface area contributed by atoms with Gasteiger partial charge in [-0.3, -0.25) is 0 Å². The van der Waals surface area contributed by atoms with Crippen LogP contribution in [0, 0.1) is 18.6 Å². The van der Waals surface area contributed by atoms with Crippen LogP contribution in [0.1, 0.15) is 36.1 Å². The Morgan fingerprint density at radius 2 is 1.71 bits per heavy atom. The van der Waals surface area contributed by atoms with Crippen molar-refractivity contribution < 1.29 is 8.78 Å². The standard InChI is InChI=1S/C17H18ClF2N/c1-3-8-21-17(12-6-7-15(19)14(18)9-12)13-5-4-11(2)16(20)10-13/h4-7,9-10,17,21H,3,8H2,1-2H3. The van der Waals surface area contributed by atoms with Crippen LogP contribution in [-0.4, -0.2) is 6.54 Å². The first-order chi connectivity index (χ1) is 10.0. The lowest BCUT2D eigenvalue weighted by atomic mass is 9.97. The summed E-state index contributed by atoms with van der Waals surface area (Å²) < 4.78 is 27.1. The van der Waals surface area contributed by atoms with Gasteiger partial charge in [0.05, 0.1) is 11.1 Å². The number of rotatable bonds is 5. The van der Waals surface area contributed by atoms with Gasteiger partial charge in [0.25, 0.3) is 0 Å². The van der Waals surface area contributed by atoms with E-state index in [-0.39, 0.29) is 16.9 Å². The van der Waals surface area contributed by atoms with Crippen LogP contribution in [0.4, 0.5) is 8.78 Å². The third kappa shape index (κ3) is 3.80. The molecule has 2 rings (SSSR count). The summed E-state index contributed by atoms with van der Waals surface area (Å²) in [5, 5.41) is 3.42. The third-order valence-electron chi connectivity index (χ3n) is 3.40. The zero-order chi connectivity index (χ0) is 15.4. The second kappa shape index (κ2) is 7.01. The Kier molecular flexibility index (Phi) is 5.32. The maximum Gasteiger partial charge on any atom is 0.141 e. The van der Waals surface area contributed by atoms with Crippen LogP contribution < -0.4 is 5.32 Å². The molecule has 0 bridgehead atoms. The SMILES string of the molecule is CCCNC(c1ccc(C)c(F)c1)c1ccc(F)c(Cl)c1. The second-order valence-corrected chi connectivity index (χ2v) is 5.48. The van der Waals surface area contributed by atoms with E-state index in [9.17, 15) is 8.78 Å². The molecular formula is C17H18ClF2N. The highest BCUT2D eigenvalue weighted by molar-refractivity contribution is 6.30. The molecule has 0 aliphatic heterocycles. The first kappa shape index (κ1) is 15.9. The Morgan fingerprint density at radius 3 is 2.33 bits per heavy atom. The summed E-state index contributed by atoms with van der Waals surface area (Å²) in [7, 11) is 0. The number of nitrogens with one attached hydrogen (secondary N) is 1. The molecule has 0 radical (unpaired) electrons. The van der Waals surface area contributed by atoms with Crippen LogP contribution in [0.5, 0.6) is 0 Å². The van der Waals surface area contributed by atoms with E-state index < -0.39 is 5.82 Å². The summed E-state index contributed by atoms with van der Waals surface area (Å²) in [6, 6.07) is 9.52. The molecule has 0 heterocycles. The molecule has 2 aromatic carbocycles. The molecule has 0 fully saturated rings. The van der Waals surface area contributed by atoms with E-state index in [1.54, 1.807) is 25.1 Å². The van der Waals surface area contributed by atoms with Crippen LogP contribution in [0.2, 0.25) is 5.02 Å². The smallest absolute Gasteiger partial charge is 0.141 e. The molecule has 4 heteroatoms. The first-order valence-corrected chi connectivity index (χ1v) is 7.35. The van der Waals surface area contributed by atoms with Gasteiger partial charge < -0.3 is 5.32 Å². The number of aryl methyl sites for hydroxylation is 1. The molecule has 112 valence electrons. The lowest BCUT2D eigenvalue weighted by molar-refractivity contribution is 0.579. The summed E-state index contributed by atoms with van der Waals surface area (Å²) in [6.45, 7) is 4.55. The third-order valence-corrected chi connectivity index (χ3v) is 3.69. The zero-order valence-corrected chi connectivity index (χ0v) is 12.8. The van der Waals surface area contributed by atoms with E-state index in [2.05, 4.69) is 12.2 Å². The van der Waals surface area contributed by atoms with E-state index in [0.29, 0.717) is 5.56 Å². The molecule has 0 aromatic heterocycles. The molecule has 2 aromatic rings. The van der Waals surface area contributed by atoms with Gasteiger partial charge in [0, 0.05) is 0 Å². The Balaban J connectivity index is 2.41. The van der Waals surface area contributed by atoms with Crippen molar-refractivity contribution in [3.05, 3.63) is 69.7 Å². The second-order valence-electron chi connectivity index (χ2n) is 5.07. The Labute approximate surface area is 128 Å². The van der Waals surface area contributed by atoms with E-state index in [0.717, 1.165) is 24.1 Å². The van der Waals surface area contributed by atoms with Crippen LogP contribution in [0.25, 0.3) is 0 Å². The highest BCUT2D eigenvalue weighted by atomic mass is 35.5. The largest absolute Gasteiger partial charge is 0.306 e. The van der Waals surface area contributed by atoms with Crippen molar-refractivity contribution in [1.29, 1.82) is 0 Å². The van der Waals surface area contributed by atoms with E-state index in [4.69, 9.17) is 11.6 Å². The van der Waals surface area contributed by atoms with Crippen LogP contribution in [0.15, 0.2) is 36.4 Å². The number of hydrogen-bond donors (Lipinski definition) is 1. The molecule has 0 amide bonds. The molecule has 0 aliphatic carbocycles. The zero-order valence-electron chi connectivity index (χ0n) is 12.1. The highest BCUT2D eigenvalue weighted by Gasteiger charge is 2.16. The molecule has 0 saturated carbocycles. The molecule has 0 aliphatic rings. The molecule has 1 nitrogen and oxygen atoms in total. The van der Waals surface area contributed by atoms with Gasteiger partial charge in [-0.2, -0.15) is 0 Å². The van der Waals surface area contributed by atoms with Gasteiger partial charge in [-0.05, 0) is 54.8 Å². The molecule has 1 unspecified atom stereocenters. The van der Waals surface area contributed by atoms with Crippen molar-refractivity contribution in [2.75, 3.05) is 6.54 Å². The predicted molar refractivity (Wildman–Crippen MR) is 82.7 cm³/mol. The van der Waals surface area contributed by atoms with Gasteiger partial charge in [0.2, 0.25) is 0 Å². The Bertz CT molecular complexity index is 577. The predicted octanol–water partition coefficient (Wildman–Crippen LogP) is 5.02. The van der Waals surface area contributed by atoms with Crippen LogP contribution >= 0.6 is 11.6 Å². The summed E-state index contributed by atoms with van der Waals surface area (Å²) in [4.78, 5) is 0. The van der Waals surface area contributed by atoms with Gasteiger partial charge in [0.15, 0.2) is 0 Å². The number of halogens is 3. The van der Waals surface area contributed by atoms with Crippen molar-refractivity contribution >= 4 is 11.6 Å². The normalized spacial score (nSPS) is 12.4. The minimum absolute atomic E-state index is 0.0726.